The predicted molar refractivity (Wildman–Crippen MR) is 69.9 cm³/mol. The molecular weight excluding hydrogens is 218 g/mol. The van der Waals surface area contributed by atoms with E-state index in [1.807, 2.05) is 11.8 Å². The molecule has 0 aromatic carbocycles. The highest BCUT2D eigenvalue weighted by molar-refractivity contribution is 7.99. The molecule has 1 heterocycles. The van der Waals surface area contributed by atoms with Crippen LogP contribution in [-0.2, 0) is 4.79 Å². The number of Topliss-reactive ketones (excluding diaryl/α,β-unsaturated/α-hetero) is 1. The normalized spacial score (nSPS) is 27.5. The van der Waals surface area contributed by atoms with E-state index in [4.69, 9.17) is 0 Å². The molecule has 0 aromatic heterocycles. The van der Waals surface area contributed by atoms with Gasteiger partial charge in [0.05, 0.1) is 6.54 Å². The molecule has 0 N–H and O–H groups in total. The molecule has 2 aliphatic rings. The van der Waals surface area contributed by atoms with Gasteiger partial charge in [0.1, 0.15) is 5.78 Å². The van der Waals surface area contributed by atoms with Crippen LogP contribution in [0.5, 0.6) is 0 Å². The fourth-order valence-electron chi connectivity index (χ4n) is 2.80. The largest absolute Gasteiger partial charge is 0.298 e. The lowest BCUT2D eigenvalue weighted by Crippen LogP contribution is -2.38. The zero-order valence-corrected chi connectivity index (χ0v) is 11.1. The first-order chi connectivity index (χ1) is 7.77. The first-order valence-electron chi connectivity index (χ1n) is 6.58. The third-order valence-electron chi connectivity index (χ3n) is 3.99. The summed E-state index contributed by atoms with van der Waals surface area (Å²) < 4.78 is 0. The minimum Gasteiger partial charge on any atom is -0.298 e. The van der Waals surface area contributed by atoms with Crippen LogP contribution in [0.3, 0.4) is 0 Å². The minimum absolute atomic E-state index is 0.380. The Bertz CT molecular complexity index is 232. The van der Waals surface area contributed by atoms with E-state index in [9.17, 15) is 4.79 Å². The van der Waals surface area contributed by atoms with E-state index in [0.29, 0.717) is 24.3 Å². The number of likely N-dealkylation sites (N-methyl/N-ethyl adjacent to an activating group) is 1. The Hall–Kier alpha value is -0.0200. The van der Waals surface area contributed by atoms with Gasteiger partial charge in [-0.05, 0) is 32.1 Å². The number of rotatable bonds is 4. The van der Waals surface area contributed by atoms with Crippen LogP contribution < -0.4 is 0 Å². The molecule has 1 saturated carbocycles. The van der Waals surface area contributed by atoms with Crippen molar-refractivity contribution in [3.63, 3.8) is 0 Å². The van der Waals surface area contributed by atoms with Gasteiger partial charge < -0.3 is 0 Å². The Balaban J connectivity index is 1.76. The van der Waals surface area contributed by atoms with Gasteiger partial charge in [0, 0.05) is 17.7 Å². The quantitative estimate of drug-likeness (QED) is 0.754. The summed E-state index contributed by atoms with van der Waals surface area (Å²) in [5, 5.41) is 0. The highest BCUT2D eigenvalue weighted by Gasteiger charge is 2.26. The van der Waals surface area contributed by atoms with E-state index in [1.165, 1.54) is 37.2 Å². The van der Waals surface area contributed by atoms with Crippen molar-refractivity contribution >= 4 is 17.5 Å². The molecule has 2 rings (SSSR count). The molecule has 2 nitrogen and oxygen atoms in total. The fraction of sp³-hybridized carbons (Fsp3) is 0.923. The van der Waals surface area contributed by atoms with Gasteiger partial charge in [-0.3, -0.25) is 9.69 Å². The van der Waals surface area contributed by atoms with Gasteiger partial charge in [-0.2, -0.15) is 11.8 Å². The second-order valence-corrected chi connectivity index (χ2v) is 6.38. The van der Waals surface area contributed by atoms with Gasteiger partial charge in [0.2, 0.25) is 0 Å². The molecule has 92 valence electrons. The second-order valence-electron chi connectivity index (χ2n) is 5.23. The summed E-state index contributed by atoms with van der Waals surface area (Å²) in [7, 11) is 2.12. The number of carbonyl (C=O) groups is 1. The smallest absolute Gasteiger partial charge is 0.149 e. The Morgan fingerprint density at radius 2 is 2.00 bits per heavy atom. The van der Waals surface area contributed by atoms with Crippen LogP contribution in [0.25, 0.3) is 0 Å². The van der Waals surface area contributed by atoms with Crippen molar-refractivity contribution in [3.05, 3.63) is 0 Å². The molecule has 1 aliphatic heterocycles. The van der Waals surface area contributed by atoms with E-state index in [1.54, 1.807) is 0 Å². The zero-order valence-electron chi connectivity index (χ0n) is 10.3. The summed E-state index contributed by atoms with van der Waals surface area (Å²) in [6.45, 7) is 0.690. The molecule has 1 unspecified atom stereocenters. The summed E-state index contributed by atoms with van der Waals surface area (Å²) >= 11 is 2.02. The number of nitrogens with zero attached hydrogens (tertiary/aromatic N) is 1. The monoisotopic (exact) mass is 241 g/mol. The van der Waals surface area contributed by atoms with Crippen molar-refractivity contribution in [2.75, 3.05) is 25.1 Å². The average molecular weight is 241 g/mol. The van der Waals surface area contributed by atoms with Gasteiger partial charge in [0.15, 0.2) is 0 Å². The molecule has 1 aliphatic carbocycles. The highest BCUT2D eigenvalue weighted by atomic mass is 32.2. The molecular formula is C13H23NOS. The molecule has 1 atom stereocenters. The number of hydrogen-bond donors (Lipinski definition) is 0. The Labute approximate surface area is 103 Å². The summed E-state index contributed by atoms with van der Waals surface area (Å²) in [5.74, 6) is 3.37. The fourth-order valence-corrected chi connectivity index (χ4v) is 4.10. The molecule has 16 heavy (non-hydrogen) atoms. The maximum absolute atomic E-state index is 12.1. The van der Waals surface area contributed by atoms with Crippen molar-refractivity contribution in [3.8, 4) is 0 Å². The van der Waals surface area contributed by atoms with Gasteiger partial charge in [-0.1, -0.05) is 19.3 Å². The summed E-state index contributed by atoms with van der Waals surface area (Å²) in [5.41, 5.74) is 0. The number of thioether (sulfide) groups is 1. The van der Waals surface area contributed by atoms with E-state index in [-0.39, 0.29) is 0 Å². The summed E-state index contributed by atoms with van der Waals surface area (Å²) in [6.07, 6.45) is 7.41. The van der Waals surface area contributed by atoms with Crippen molar-refractivity contribution in [1.82, 2.24) is 4.90 Å². The first kappa shape index (κ1) is 12.4. The van der Waals surface area contributed by atoms with Crippen LogP contribution in [0.2, 0.25) is 0 Å². The lowest BCUT2D eigenvalue weighted by molar-refractivity contribution is -0.125. The van der Waals surface area contributed by atoms with E-state index in [0.717, 1.165) is 12.8 Å². The van der Waals surface area contributed by atoms with Gasteiger partial charge in [-0.25, -0.2) is 0 Å². The SMILES string of the molecule is CN(CC(=O)C1CCCCC1)C1CCSC1. The third-order valence-corrected chi connectivity index (χ3v) is 5.14. The van der Waals surface area contributed by atoms with Crippen molar-refractivity contribution in [1.29, 1.82) is 0 Å². The average Bonchev–Trinajstić information content (AvgIpc) is 2.83. The number of carbonyl (C=O) groups excluding carboxylic acids is 1. The highest BCUT2D eigenvalue weighted by Crippen LogP contribution is 2.26. The second kappa shape index (κ2) is 6.06. The van der Waals surface area contributed by atoms with Crippen LogP contribution in [-0.4, -0.2) is 41.8 Å². The van der Waals surface area contributed by atoms with Crippen LogP contribution >= 0.6 is 11.8 Å². The molecule has 3 heteroatoms. The molecule has 1 saturated heterocycles. The molecule has 0 amide bonds. The number of ketones is 1. The molecule has 0 radical (unpaired) electrons. The summed E-state index contributed by atoms with van der Waals surface area (Å²) in [6, 6.07) is 0.651. The van der Waals surface area contributed by atoms with Crippen LogP contribution in [0.15, 0.2) is 0 Å². The van der Waals surface area contributed by atoms with Gasteiger partial charge >= 0.3 is 0 Å². The van der Waals surface area contributed by atoms with E-state index >= 15 is 0 Å². The predicted octanol–water partition coefficient (Wildman–Crippen LogP) is 2.57. The molecule has 0 aromatic rings. The number of hydrogen-bond acceptors (Lipinski definition) is 3. The van der Waals surface area contributed by atoms with E-state index in [2.05, 4.69) is 11.9 Å². The van der Waals surface area contributed by atoms with Crippen molar-refractivity contribution in [2.24, 2.45) is 5.92 Å². The lowest BCUT2D eigenvalue weighted by Gasteiger charge is -2.26. The lowest BCUT2D eigenvalue weighted by atomic mass is 9.86. The Morgan fingerprint density at radius 1 is 1.25 bits per heavy atom. The van der Waals surface area contributed by atoms with Gasteiger partial charge in [-0.15, -0.1) is 0 Å². The van der Waals surface area contributed by atoms with Crippen molar-refractivity contribution in [2.45, 2.75) is 44.6 Å². The van der Waals surface area contributed by atoms with Crippen LogP contribution in [0.4, 0.5) is 0 Å². The van der Waals surface area contributed by atoms with Gasteiger partial charge in [0.25, 0.3) is 0 Å². The maximum atomic E-state index is 12.1. The topological polar surface area (TPSA) is 20.3 Å². The third kappa shape index (κ3) is 3.24. The summed E-state index contributed by atoms with van der Waals surface area (Å²) in [4.78, 5) is 14.4. The molecule has 0 spiro atoms. The Morgan fingerprint density at radius 3 is 2.62 bits per heavy atom. The Kier molecular flexibility index (Phi) is 4.71. The van der Waals surface area contributed by atoms with E-state index < -0.39 is 0 Å². The maximum Gasteiger partial charge on any atom is 0.149 e. The molecule has 0 bridgehead atoms. The zero-order chi connectivity index (χ0) is 11.4. The van der Waals surface area contributed by atoms with Crippen LogP contribution in [0.1, 0.15) is 38.5 Å². The molecule has 2 fully saturated rings. The standard InChI is InChI=1S/C13H23NOS/c1-14(12-7-8-16-10-12)9-13(15)11-5-3-2-4-6-11/h11-12H,2-10H2,1H3. The van der Waals surface area contributed by atoms with Crippen molar-refractivity contribution < 1.29 is 4.79 Å². The van der Waals surface area contributed by atoms with Crippen LogP contribution in [0, 0.1) is 5.92 Å². The first-order valence-corrected chi connectivity index (χ1v) is 7.73. The minimum atomic E-state index is 0.380.